The number of ether oxygens (including phenoxy) is 1. The van der Waals surface area contributed by atoms with E-state index in [1.54, 1.807) is 12.3 Å². The smallest absolute Gasteiger partial charge is 0.330 e. The van der Waals surface area contributed by atoms with Crippen molar-refractivity contribution in [1.82, 2.24) is 4.98 Å². The molecule has 1 aromatic heterocycles. The summed E-state index contributed by atoms with van der Waals surface area (Å²) < 4.78 is 4.41. The molecule has 0 saturated carbocycles. The predicted octanol–water partition coefficient (Wildman–Crippen LogP) is 1.20. The van der Waals surface area contributed by atoms with Gasteiger partial charge in [-0.3, -0.25) is 0 Å². The maximum Gasteiger partial charge on any atom is 0.330 e. The molecule has 1 heterocycles. The zero-order chi connectivity index (χ0) is 8.10. The number of hydrogen-bond acceptors (Lipinski definition) is 2. The molecule has 0 atom stereocenters. The highest BCUT2D eigenvalue weighted by Crippen LogP contribution is 1.96. The number of nitrogens with one attached hydrogen (secondary N) is 1. The molecular formula is C8H9NO2. The van der Waals surface area contributed by atoms with E-state index in [9.17, 15) is 4.79 Å². The highest BCUT2D eigenvalue weighted by molar-refractivity contribution is 5.86. The summed E-state index contributed by atoms with van der Waals surface area (Å²) in [5.41, 5.74) is 0.885. The Hall–Kier alpha value is -1.51. The van der Waals surface area contributed by atoms with Gasteiger partial charge >= 0.3 is 5.97 Å². The summed E-state index contributed by atoms with van der Waals surface area (Å²) in [6.45, 7) is 0. The van der Waals surface area contributed by atoms with Gasteiger partial charge < -0.3 is 9.72 Å². The number of H-pyrrole nitrogens is 1. The Bertz CT molecular complexity index is 249. The first-order chi connectivity index (χ1) is 5.33. The van der Waals surface area contributed by atoms with Crippen LogP contribution in [0.3, 0.4) is 0 Å². The third-order valence-electron chi connectivity index (χ3n) is 1.22. The molecule has 0 fully saturated rings. The molecule has 1 rings (SSSR count). The van der Waals surface area contributed by atoms with Crippen molar-refractivity contribution in [3.05, 3.63) is 30.1 Å². The fourth-order valence-corrected chi connectivity index (χ4v) is 0.674. The molecule has 3 nitrogen and oxygen atoms in total. The van der Waals surface area contributed by atoms with Crippen molar-refractivity contribution in [2.75, 3.05) is 7.11 Å². The summed E-state index contributed by atoms with van der Waals surface area (Å²) in [5.74, 6) is -0.348. The first-order valence-electron chi connectivity index (χ1n) is 3.22. The molecule has 0 amide bonds. The summed E-state index contributed by atoms with van der Waals surface area (Å²) in [6, 6.07) is 3.72. The molecule has 0 aromatic carbocycles. The van der Waals surface area contributed by atoms with Gasteiger partial charge in [-0.1, -0.05) is 0 Å². The summed E-state index contributed by atoms with van der Waals surface area (Å²) in [6.07, 6.45) is 4.81. The molecule has 0 saturated heterocycles. The molecule has 1 aromatic rings. The normalized spacial score (nSPS) is 10.3. The van der Waals surface area contributed by atoms with Gasteiger partial charge in [0.15, 0.2) is 0 Å². The Balaban J connectivity index is 2.55. The van der Waals surface area contributed by atoms with Crippen LogP contribution in [-0.4, -0.2) is 18.1 Å². The lowest BCUT2D eigenvalue weighted by atomic mass is 10.4. The number of methoxy groups -OCH3 is 1. The minimum Gasteiger partial charge on any atom is -0.466 e. The second-order valence-corrected chi connectivity index (χ2v) is 1.98. The lowest BCUT2D eigenvalue weighted by Gasteiger charge is -1.87. The molecule has 11 heavy (non-hydrogen) atoms. The molecule has 3 heteroatoms. The van der Waals surface area contributed by atoms with Gasteiger partial charge in [-0.25, -0.2) is 4.79 Å². The topological polar surface area (TPSA) is 42.1 Å². The molecule has 1 N–H and O–H groups in total. The number of hydrogen-bond donors (Lipinski definition) is 1. The van der Waals surface area contributed by atoms with Crippen LogP contribution in [0.15, 0.2) is 24.4 Å². The number of esters is 1. The minimum absolute atomic E-state index is 0.348. The molecule has 0 aliphatic carbocycles. The van der Waals surface area contributed by atoms with Gasteiger partial charge in [-0.15, -0.1) is 0 Å². The number of carbonyl (C=O) groups excluding carboxylic acids is 1. The van der Waals surface area contributed by atoms with E-state index < -0.39 is 0 Å². The largest absolute Gasteiger partial charge is 0.466 e. The van der Waals surface area contributed by atoms with Gasteiger partial charge in [0.25, 0.3) is 0 Å². The highest BCUT2D eigenvalue weighted by Gasteiger charge is 1.90. The third kappa shape index (κ3) is 2.29. The van der Waals surface area contributed by atoms with Crippen LogP contribution in [0, 0.1) is 0 Å². The molecule has 0 unspecified atom stereocenters. The summed E-state index contributed by atoms with van der Waals surface area (Å²) in [4.78, 5) is 13.5. The van der Waals surface area contributed by atoms with Crippen LogP contribution >= 0.6 is 0 Å². The van der Waals surface area contributed by atoms with E-state index in [2.05, 4.69) is 9.72 Å². The number of rotatable bonds is 2. The molecular weight excluding hydrogens is 142 g/mol. The fraction of sp³-hybridized carbons (Fsp3) is 0.125. The standard InChI is InChI=1S/C8H9NO2/c1-11-8(10)5-4-7-3-2-6-9-7/h2-6,9H,1H3/b5-4-. The van der Waals surface area contributed by atoms with Gasteiger partial charge in [0, 0.05) is 18.0 Å². The second kappa shape index (κ2) is 3.61. The minimum atomic E-state index is -0.348. The van der Waals surface area contributed by atoms with Gasteiger partial charge in [0.1, 0.15) is 0 Å². The van der Waals surface area contributed by atoms with Crippen molar-refractivity contribution in [2.45, 2.75) is 0 Å². The van der Waals surface area contributed by atoms with E-state index >= 15 is 0 Å². The molecule has 0 aliphatic rings. The van der Waals surface area contributed by atoms with Crippen molar-refractivity contribution in [3.8, 4) is 0 Å². The van der Waals surface area contributed by atoms with E-state index in [0.717, 1.165) is 5.69 Å². The van der Waals surface area contributed by atoms with E-state index in [1.165, 1.54) is 13.2 Å². The second-order valence-electron chi connectivity index (χ2n) is 1.98. The molecule has 0 spiro atoms. The van der Waals surface area contributed by atoms with Crippen LogP contribution in [-0.2, 0) is 9.53 Å². The molecule has 0 bridgehead atoms. The van der Waals surface area contributed by atoms with Gasteiger partial charge in [-0.05, 0) is 18.2 Å². The van der Waals surface area contributed by atoms with Crippen molar-refractivity contribution in [2.24, 2.45) is 0 Å². The van der Waals surface area contributed by atoms with E-state index in [-0.39, 0.29) is 5.97 Å². The Labute approximate surface area is 64.7 Å². The van der Waals surface area contributed by atoms with Gasteiger partial charge in [0.2, 0.25) is 0 Å². The van der Waals surface area contributed by atoms with Crippen LogP contribution in [0.4, 0.5) is 0 Å². The molecule has 0 aliphatic heterocycles. The Kier molecular flexibility index (Phi) is 2.49. The maximum atomic E-state index is 10.6. The lowest BCUT2D eigenvalue weighted by Crippen LogP contribution is -1.93. The Morgan fingerprint density at radius 2 is 2.55 bits per heavy atom. The van der Waals surface area contributed by atoms with Gasteiger partial charge in [-0.2, -0.15) is 0 Å². The zero-order valence-electron chi connectivity index (χ0n) is 6.20. The Morgan fingerprint density at radius 1 is 1.73 bits per heavy atom. The molecule has 58 valence electrons. The van der Waals surface area contributed by atoms with Crippen molar-refractivity contribution in [1.29, 1.82) is 0 Å². The first kappa shape index (κ1) is 7.60. The lowest BCUT2D eigenvalue weighted by molar-refractivity contribution is -0.134. The molecule has 0 radical (unpaired) electrons. The van der Waals surface area contributed by atoms with Crippen LogP contribution in [0.5, 0.6) is 0 Å². The van der Waals surface area contributed by atoms with Crippen LogP contribution in [0.1, 0.15) is 5.69 Å². The summed E-state index contributed by atoms with van der Waals surface area (Å²) in [7, 11) is 1.35. The number of aromatic nitrogens is 1. The first-order valence-corrected chi connectivity index (χ1v) is 3.22. The monoisotopic (exact) mass is 151 g/mol. The average molecular weight is 151 g/mol. The number of carbonyl (C=O) groups is 1. The van der Waals surface area contributed by atoms with Crippen LogP contribution < -0.4 is 0 Å². The zero-order valence-corrected chi connectivity index (χ0v) is 6.20. The third-order valence-corrected chi connectivity index (χ3v) is 1.22. The summed E-state index contributed by atoms with van der Waals surface area (Å²) >= 11 is 0. The predicted molar refractivity (Wildman–Crippen MR) is 41.8 cm³/mol. The number of aromatic amines is 1. The fourth-order valence-electron chi connectivity index (χ4n) is 0.674. The van der Waals surface area contributed by atoms with Crippen molar-refractivity contribution < 1.29 is 9.53 Å². The van der Waals surface area contributed by atoms with Gasteiger partial charge in [0.05, 0.1) is 7.11 Å². The van der Waals surface area contributed by atoms with Crippen molar-refractivity contribution >= 4 is 12.0 Å². The average Bonchev–Trinajstić information content (AvgIpc) is 2.52. The summed E-state index contributed by atoms with van der Waals surface area (Å²) in [5, 5.41) is 0. The van der Waals surface area contributed by atoms with E-state index in [1.807, 2.05) is 12.1 Å². The maximum absolute atomic E-state index is 10.6. The van der Waals surface area contributed by atoms with Crippen LogP contribution in [0.25, 0.3) is 6.08 Å². The van der Waals surface area contributed by atoms with E-state index in [0.29, 0.717) is 0 Å². The quantitative estimate of drug-likeness (QED) is 0.509. The highest BCUT2D eigenvalue weighted by atomic mass is 16.5. The SMILES string of the molecule is COC(=O)/C=C\c1ccc[nH]1. The van der Waals surface area contributed by atoms with Crippen LogP contribution in [0.2, 0.25) is 0 Å². The van der Waals surface area contributed by atoms with Crippen molar-refractivity contribution in [3.63, 3.8) is 0 Å². The Morgan fingerprint density at radius 3 is 3.09 bits per heavy atom. The van der Waals surface area contributed by atoms with E-state index in [4.69, 9.17) is 0 Å².